The van der Waals surface area contributed by atoms with Crippen LogP contribution in [0.15, 0.2) is 48.5 Å². The number of halogens is 1. The van der Waals surface area contributed by atoms with Gasteiger partial charge in [0.25, 0.3) is 0 Å². The molecule has 0 radical (unpaired) electrons. The summed E-state index contributed by atoms with van der Waals surface area (Å²) in [4.78, 5) is 12.8. The molecule has 1 N–H and O–H groups in total. The molecule has 146 valence electrons. The van der Waals surface area contributed by atoms with Crippen LogP contribution in [0.2, 0.25) is 5.02 Å². The first-order chi connectivity index (χ1) is 12.8. The summed E-state index contributed by atoms with van der Waals surface area (Å²) in [7, 11) is -2.20. The van der Waals surface area contributed by atoms with E-state index in [4.69, 9.17) is 16.3 Å². The van der Waals surface area contributed by atoms with Gasteiger partial charge in [0.05, 0.1) is 19.1 Å². The Balaban J connectivity index is 2.29. The van der Waals surface area contributed by atoms with Crippen molar-refractivity contribution < 1.29 is 17.9 Å². The molecule has 2 rings (SSSR count). The topological polar surface area (TPSA) is 75.7 Å². The minimum absolute atomic E-state index is 0.213. The van der Waals surface area contributed by atoms with Gasteiger partial charge in [-0.2, -0.15) is 0 Å². The first-order valence-corrected chi connectivity index (χ1v) is 10.6. The molecule has 0 saturated carbocycles. The van der Waals surface area contributed by atoms with Gasteiger partial charge in [0.2, 0.25) is 15.9 Å². The third kappa shape index (κ3) is 5.37. The number of anilines is 1. The first kappa shape index (κ1) is 21.1. The van der Waals surface area contributed by atoms with E-state index in [1.165, 1.54) is 7.11 Å². The number of nitrogens with one attached hydrogen (secondary N) is 1. The monoisotopic (exact) mass is 410 g/mol. The second-order valence-electron chi connectivity index (χ2n) is 5.99. The predicted molar refractivity (Wildman–Crippen MR) is 108 cm³/mol. The van der Waals surface area contributed by atoms with Gasteiger partial charge in [-0.1, -0.05) is 42.8 Å². The molecule has 6 nitrogen and oxygen atoms in total. The van der Waals surface area contributed by atoms with E-state index in [-0.39, 0.29) is 6.54 Å². The number of benzene rings is 2. The summed E-state index contributed by atoms with van der Waals surface area (Å²) >= 11 is 6.11. The van der Waals surface area contributed by atoms with E-state index < -0.39 is 22.0 Å². The number of carbonyl (C=O) groups excluding carboxylic acids is 1. The number of hydrogen-bond acceptors (Lipinski definition) is 4. The third-order valence-electron chi connectivity index (χ3n) is 4.05. The lowest BCUT2D eigenvalue weighted by Crippen LogP contribution is -2.49. The minimum Gasteiger partial charge on any atom is -0.497 e. The van der Waals surface area contributed by atoms with Crippen LogP contribution in [0, 0.1) is 0 Å². The number of rotatable bonds is 8. The summed E-state index contributed by atoms with van der Waals surface area (Å²) in [5.41, 5.74) is 1.13. The van der Waals surface area contributed by atoms with Gasteiger partial charge in [0.15, 0.2) is 0 Å². The Kier molecular flexibility index (Phi) is 7.10. The Morgan fingerprint density at radius 1 is 1.22 bits per heavy atom. The molecular weight excluding hydrogens is 388 g/mol. The molecule has 8 heteroatoms. The Labute approximate surface area is 165 Å². The highest BCUT2D eigenvalue weighted by Crippen LogP contribution is 2.26. The zero-order valence-electron chi connectivity index (χ0n) is 15.5. The largest absolute Gasteiger partial charge is 0.497 e. The third-order valence-corrected chi connectivity index (χ3v) is 5.60. The zero-order valence-corrected chi connectivity index (χ0v) is 17.0. The van der Waals surface area contributed by atoms with E-state index in [9.17, 15) is 13.2 Å². The number of carbonyl (C=O) groups is 1. The molecule has 1 amide bonds. The molecule has 0 aliphatic rings. The first-order valence-electron chi connectivity index (χ1n) is 8.42. The van der Waals surface area contributed by atoms with Crippen molar-refractivity contribution in [3.63, 3.8) is 0 Å². The molecule has 0 bridgehead atoms. The maximum absolute atomic E-state index is 12.8. The lowest BCUT2D eigenvalue weighted by Gasteiger charge is -2.30. The SMILES string of the molecule is CC[C@@H](C(=O)NCc1ccccc1Cl)N(c1cccc(OC)c1)S(C)(=O)=O. The van der Waals surface area contributed by atoms with Gasteiger partial charge in [-0.05, 0) is 30.2 Å². The fourth-order valence-electron chi connectivity index (χ4n) is 2.75. The molecule has 2 aromatic carbocycles. The summed E-state index contributed by atoms with van der Waals surface area (Å²) in [6.07, 6.45) is 1.38. The summed E-state index contributed by atoms with van der Waals surface area (Å²) in [6, 6.07) is 12.9. The van der Waals surface area contributed by atoms with Crippen molar-refractivity contribution in [2.24, 2.45) is 0 Å². The second kappa shape index (κ2) is 9.10. The van der Waals surface area contributed by atoms with Crippen LogP contribution < -0.4 is 14.4 Å². The summed E-state index contributed by atoms with van der Waals surface area (Å²) in [6.45, 7) is 1.98. The van der Waals surface area contributed by atoms with Crippen LogP contribution in [-0.2, 0) is 21.4 Å². The number of ether oxygens (including phenoxy) is 1. The van der Waals surface area contributed by atoms with E-state index in [0.29, 0.717) is 22.9 Å². The molecule has 2 aromatic rings. The van der Waals surface area contributed by atoms with Gasteiger partial charge in [-0.25, -0.2) is 8.42 Å². The van der Waals surface area contributed by atoms with Crippen molar-refractivity contribution in [1.82, 2.24) is 5.32 Å². The predicted octanol–water partition coefficient (Wildman–Crippen LogP) is 3.21. The van der Waals surface area contributed by atoms with E-state index >= 15 is 0 Å². The molecule has 0 fully saturated rings. The standard InChI is InChI=1S/C19H23ClN2O4S/c1-4-18(19(23)21-13-14-8-5-6-11-17(14)20)22(27(3,24)25)15-9-7-10-16(12-15)26-2/h5-12,18H,4,13H2,1-3H3,(H,21,23)/t18-/m0/s1. The van der Waals surface area contributed by atoms with Crippen LogP contribution in [-0.4, -0.2) is 33.7 Å². The van der Waals surface area contributed by atoms with Crippen molar-refractivity contribution in [2.45, 2.75) is 25.9 Å². The zero-order chi connectivity index (χ0) is 20.0. The van der Waals surface area contributed by atoms with Crippen molar-refractivity contribution in [3.8, 4) is 5.75 Å². The fourth-order valence-corrected chi connectivity index (χ4v) is 4.16. The molecule has 27 heavy (non-hydrogen) atoms. The Morgan fingerprint density at radius 2 is 1.93 bits per heavy atom. The average Bonchev–Trinajstić information content (AvgIpc) is 2.64. The van der Waals surface area contributed by atoms with Crippen LogP contribution >= 0.6 is 11.6 Å². The van der Waals surface area contributed by atoms with Crippen molar-refractivity contribution in [1.29, 1.82) is 0 Å². The van der Waals surface area contributed by atoms with Gasteiger partial charge >= 0.3 is 0 Å². The highest BCUT2D eigenvalue weighted by Gasteiger charge is 2.31. The molecule has 0 aromatic heterocycles. The maximum atomic E-state index is 12.8. The average molecular weight is 411 g/mol. The number of nitrogens with zero attached hydrogens (tertiary/aromatic N) is 1. The highest BCUT2D eigenvalue weighted by molar-refractivity contribution is 7.92. The lowest BCUT2D eigenvalue weighted by atomic mass is 10.1. The van der Waals surface area contributed by atoms with E-state index in [1.807, 2.05) is 6.07 Å². The van der Waals surface area contributed by atoms with Crippen LogP contribution in [0.4, 0.5) is 5.69 Å². The number of hydrogen-bond donors (Lipinski definition) is 1. The lowest BCUT2D eigenvalue weighted by molar-refractivity contribution is -0.122. The van der Waals surface area contributed by atoms with Crippen molar-refractivity contribution >= 4 is 33.2 Å². The second-order valence-corrected chi connectivity index (χ2v) is 8.26. The smallest absolute Gasteiger partial charge is 0.244 e. The molecule has 1 atom stereocenters. The molecule has 0 aliphatic carbocycles. The van der Waals surface area contributed by atoms with Gasteiger partial charge in [0.1, 0.15) is 11.8 Å². The number of sulfonamides is 1. The van der Waals surface area contributed by atoms with Gasteiger partial charge in [0, 0.05) is 17.6 Å². The van der Waals surface area contributed by atoms with Crippen LogP contribution in [0.25, 0.3) is 0 Å². The van der Waals surface area contributed by atoms with Gasteiger partial charge in [-0.3, -0.25) is 9.10 Å². The summed E-state index contributed by atoms with van der Waals surface area (Å²) in [5, 5.41) is 3.32. The van der Waals surface area contributed by atoms with Crippen LogP contribution in [0.5, 0.6) is 5.75 Å². The molecule has 0 spiro atoms. The summed E-state index contributed by atoms with van der Waals surface area (Å²) in [5.74, 6) is 0.109. The highest BCUT2D eigenvalue weighted by atomic mass is 35.5. The molecule has 0 unspecified atom stereocenters. The molecule has 0 aliphatic heterocycles. The maximum Gasteiger partial charge on any atom is 0.244 e. The van der Waals surface area contributed by atoms with Gasteiger partial charge < -0.3 is 10.1 Å². The Bertz CT molecular complexity index is 902. The van der Waals surface area contributed by atoms with E-state index in [0.717, 1.165) is 16.1 Å². The van der Waals surface area contributed by atoms with Crippen LogP contribution in [0.1, 0.15) is 18.9 Å². The summed E-state index contributed by atoms with van der Waals surface area (Å²) < 4.78 is 31.2. The van der Waals surface area contributed by atoms with Crippen LogP contribution in [0.3, 0.4) is 0 Å². The molecule has 0 saturated heterocycles. The molecular formula is C19H23ClN2O4S. The van der Waals surface area contributed by atoms with E-state index in [1.54, 1.807) is 49.4 Å². The van der Waals surface area contributed by atoms with Gasteiger partial charge in [-0.15, -0.1) is 0 Å². The molecule has 0 heterocycles. The normalized spacial score (nSPS) is 12.3. The van der Waals surface area contributed by atoms with Crippen molar-refractivity contribution in [2.75, 3.05) is 17.7 Å². The van der Waals surface area contributed by atoms with E-state index in [2.05, 4.69) is 5.32 Å². The Morgan fingerprint density at radius 3 is 2.52 bits per heavy atom. The minimum atomic E-state index is -3.70. The number of amides is 1. The van der Waals surface area contributed by atoms with Crippen molar-refractivity contribution in [3.05, 3.63) is 59.1 Å². The quantitative estimate of drug-likeness (QED) is 0.725. The fraction of sp³-hybridized carbons (Fsp3) is 0.316. The Hall–Kier alpha value is -2.25. The number of methoxy groups -OCH3 is 1.